The third kappa shape index (κ3) is 2.86. The van der Waals surface area contributed by atoms with Gasteiger partial charge in [0.2, 0.25) is 10.0 Å². The van der Waals surface area contributed by atoms with Gasteiger partial charge in [0.15, 0.2) is 0 Å². The zero-order valence-electron chi connectivity index (χ0n) is 13.6. The van der Waals surface area contributed by atoms with Gasteiger partial charge in [-0.25, -0.2) is 8.42 Å². The molecule has 0 amide bonds. The summed E-state index contributed by atoms with van der Waals surface area (Å²) in [6, 6.07) is 3.28. The van der Waals surface area contributed by atoms with E-state index < -0.39 is 10.0 Å². The van der Waals surface area contributed by atoms with Crippen LogP contribution in [0.5, 0.6) is 0 Å². The van der Waals surface area contributed by atoms with E-state index in [-0.39, 0.29) is 16.2 Å². The lowest BCUT2D eigenvalue weighted by Gasteiger charge is -2.36. The molecule has 0 N–H and O–H groups in total. The first kappa shape index (κ1) is 16.4. The second-order valence-electron chi connectivity index (χ2n) is 6.95. The third-order valence-electron chi connectivity index (χ3n) is 5.40. The molecule has 2 atom stereocenters. The highest BCUT2D eigenvalue weighted by molar-refractivity contribution is 7.89. The molecule has 8 heteroatoms. The SMILES string of the molecule is O=S(=O)(c1cccnc1)N1C[C@@H]2COC[C@]2(CN2CCOCC2)C1. The van der Waals surface area contributed by atoms with Crippen molar-refractivity contribution in [2.24, 2.45) is 11.3 Å². The number of nitrogens with zero attached hydrogens (tertiary/aromatic N) is 3. The predicted octanol–water partition coefficient (Wildman–Crippen LogP) is 0.0509. The fraction of sp³-hybridized carbons (Fsp3) is 0.688. The van der Waals surface area contributed by atoms with Gasteiger partial charge in [0.1, 0.15) is 4.90 Å². The molecule has 0 saturated carbocycles. The maximum Gasteiger partial charge on any atom is 0.244 e. The normalized spacial score (nSPS) is 32.1. The highest BCUT2D eigenvalue weighted by Crippen LogP contribution is 2.43. The van der Waals surface area contributed by atoms with Crippen LogP contribution in [0.15, 0.2) is 29.4 Å². The van der Waals surface area contributed by atoms with Crippen LogP contribution in [-0.2, 0) is 19.5 Å². The summed E-state index contributed by atoms with van der Waals surface area (Å²) in [6.45, 7) is 6.51. The van der Waals surface area contributed by atoms with Crippen LogP contribution in [0, 0.1) is 11.3 Å². The lowest BCUT2D eigenvalue weighted by atomic mass is 9.80. The Morgan fingerprint density at radius 3 is 2.88 bits per heavy atom. The topological polar surface area (TPSA) is 72.0 Å². The van der Waals surface area contributed by atoms with Gasteiger partial charge in [-0.3, -0.25) is 9.88 Å². The fourth-order valence-corrected chi connectivity index (χ4v) is 5.59. The molecule has 3 fully saturated rings. The van der Waals surface area contributed by atoms with E-state index in [0.717, 1.165) is 32.8 Å². The van der Waals surface area contributed by atoms with Gasteiger partial charge in [0, 0.05) is 56.5 Å². The molecule has 4 rings (SSSR count). The number of hydrogen-bond donors (Lipinski definition) is 0. The van der Waals surface area contributed by atoms with Gasteiger partial charge < -0.3 is 9.47 Å². The van der Waals surface area contributed by atoms with E-state index in [1.165, 1.54) is 6.20 Å². The molecule has 0 spiro atoms. The number of hydrogen-bond acceptors (Lipinski definition) is 6. The van der Waals surface area contributed by atoms with Crippen molar-refractivity contribution in [2.45, 2.75) is 4.90 Å². The Balaban J connectivity index is 1.54. The summed E-state index contributed by atoms with van der Waals surface area (Å²) in [5.74, 6) is 0.256. The van der Waals surface area contributed by atoms with Crippen LogP contribution >= 0.6 is 0 Å². The van der Waals surface area contributed by atoms with E-state index in [2.05, 4.69) is 9.88 Å². The number of morpholine rings is 1. The molecule has 132 valence electrons. The minimum atomic E-state index is -3.49. The highest BCUT2D eigenvalue weighted by Gasteiger charge is 2.54. The standard InChI is InChI=1S/C16H23N3O4S/c20-24(21,15-2-1-3-17-8-15)19-9-14-10-23-13-16(14,12-19)11-18-4-6-22-7-5-18/h1-3,8,14H,4-7,9-13H2/t14-,16+/m1/s1. The molecule has 24 heavy (non-hydrogen) atoms. The summed E-state index contributed by atoms with van der Waals surface area (Å²) in [4.78, 5) is 6.60. The molecular formula is C16H23N3O4S. The van der Waals surface area contributed by atoms with Crippen LogP contribution in [0.25, 0.3) is 0 Å². The Kier molecular flexibility index (Phi) is 4.34. The van der Waals surface area contributed by atoms with Crippen molar-refractivity contribution in [3.8, 4) is 0 Å². The summed E-state index contributed by atoms with van der Waals surface area (Å²) in [7, 11) is -3.49. The number of pyridine rings is 1. The third-order valence-corrected chi connectivity index (χ3v) is 7.20. The van der Waals surface area contributed by atoms with E-state index in [9.17, 15) is 8.42 Å². The van der Waals surface area contributed by atoms with Gasteiger partial charge in [-0.1, -0.05) is 0 Å². The Labute approximate surface area is 142 Å². The Morgan fingerprint density at radius 1 is 1.29 bits per heavy atom. The Bertz CT molecular complexity index is 678. The molecule has 3 aliphatic heterocycles. The van der Waals surface area contributed by atoms with Crippen molar-refractivity contribution in [3.05, 3.63) is 24.5 Å². The average molecular weight is 353 g/mol. The van der Waals surface area contributed by atoms with Crippen LogP contribution in [0.1, 0.15) is 0 Å². The lowest BCUT2D eigenvalue weighted by Crippen LogP contribution is -2.47. The summed E-state index contributed by atoms with van der Waals surface area (Å²) < 4.78 is 38.6. The number of ether oxygens (including phenoxy) is 2. The van der Waals surface area contributed by atoms with Crippen molar-refractivity contribution < 1.29 is 17.9 Å². The minimum absolute atomic E-state index is 0.105. The molecule has 0 bridgehead atoms. The lowest BCUT2D eigenvalue weighted by molar-refractivity contribution is 0.0118. The first-order valence-electron chi connectivity index (χ1n) is 8.38. The van der Waals surface area contributed by atoms with Gasteiger partial charge in [-0.05, 0) is 12.1 Å². The molecule has 3 saturated heterocycles. The van der Waals surface area contributed by atoms with Gasteiger partial charge in [0.05, 0.1) is 26.4 Å². The maximum atomic E-state index is 12.9. The van der Waals surface area contributed by atoms with Crippen molar-refractivity contribution in [2.75, 3.05) is 59.2 Å². The molecule has 0 unspecified atom stereocenters. The molecule has 0 aromatic carbocycles. The first-order valence-corrected chi connectivity index (χ1v) is 9.82. The predicted molar refractivity (Wildman–Crippen MR) is 87.0 cm³/mol. The second kappa shape index (κ2) is 6.34. The molecule has 0 radical (unpaired) electrons. The number of sulfonamides is 1. The smallest absolute Gasteiger partial charge is 0.244 e. The van der Waals surface area contributed by atoms with Gasteiger partial charge in [-0.2, -0.15) is 4.31 Å². The molecule has 1 aromatic heterocycles. The zero-order chi connectivity index (χ0) is 16.6. The fourth-order valence-electron chi connectivity index (χ4n) is 4.04. The maximum absolute atomic E-state index is 12.9. The molecule has 7 nitrogen and oxygen atoms in total. The molecular weight excluding hydrogens is 330 g/mol. The van der Waals surface area contributed by atoms with Crippen LogP contribution in [0.2, 0.25) is 0 Å². The summed E-state index contributed by atoms with van der Waals surface area (Å²) >= 11 is 0. The van der Waals surface area contributed by atoms with Gasteiger partial charge >= 0.3 is 0 Å². The number of fused-ring (bicyclic) bond motifs is 1. The van der Waals surface area contributed by atoms with Crippen LogP contribution in [0.3, 0.4) is 0 Å². The van der Waals surface area contributed by atoms with E-state index in [1.54, 1.807) is 22.6 Å². The van der Waals surface area contributed by atoms with E-state index in [0.29, 0.717) is 26.3 Å². The molecule has 3 aliphatic rings. The summed E-state index contributed by atoms with van der Waals surface area (Å²) in [5.41, 5.74) is -0.105. The number of rotatable bonds is 4. The summed E-state index contributed by atoms with van der Waals surface area (Å²) in [5, 5.41) is 0. The first-order chi connectivity index (χ1) is 11.6. The Morgan fingerprint density at radius 2 is 2.12 bits per heavy atom. The molecule has 1 aromatic rings. The van der Waals surface area contributed by atoms with E-state index in [4.69, 9.17) is 9.47 Å². The van der Waals surface area contributed by atoms with E-state index in [1.807, 2.05) is 0 Å². The zero-order valence-corrected chi connectivity index (χ0v) is 14.5. The summed E-state index contributed by atoms with van der Waals surface area (Å²) in [6.07, 6.45) is 3.01. The van der Waals surface area contributed by atoms with E-state index >= 15 is 0 Å². The quantitative estimate of drug-likeness (QED) is 0.762. The van der Waals surface area contributed by atoms with Crippen molar-refractivity contribution >= 4 is 10.0 Å². The monoisotopic (exact) mass is 353 g/mol. The highest BCUT2D eigenvalue weighted by atomic mass is 32.2. The van der Waals surface area contributed by atoms with Crippen molar-refractivity contribution in [1.29, 1.82) is 0 Å². The molecule has 0 aliphatic carbocycles. The van der Waals surface area contributed by atoms with Crippen LogP contribution in [0.4, 0.5) is 0 Å². The van der Waals surface area contributed by atoms with Crippen molar-refractivity contribution in [1.82, 2.24) is 14.2 Å². The number of aromatic nitrogens is 1. The average Bonchev–Trinajstić information content (AvgIpc) is 3.14. The second-order valence-corrected chi connectivity index (χ2v) is 8.89. The Hall–Kier alpha value is -1.06. The molecule has 4 heterocycles. The van der Waals surface area contributed by atoms with Crippen molar-refractivity contribution in [3.63, 3.8) is 0 Å². The minimum Gasteiger partial charge on any atom is -0.380 e. The van der Waals surface area contributed by atoms with Crippen LogP contribution in [-0.4, -0.2) is 81.8 Å². The van der Waals surface area contributed by atoms with Gasteiger partial charge in [-0.15, -0.1) is 0 Å². The van der Waals surface area contributed by atoms with Gasteiger partial charge in [0.25, 0.3) is 0 Å². The largest absolute Gasteiger partial charge is 0.380 e. The van der Waals surface area contributed by atoms with Crippen LogP contribution < -0.4 is 0 Å².